The van der Waals surface area contributed by atoms with Crippen LogP contribution in [0.5, 0.6) is 0 Å². The fraction of sp³-hybridized carbons (Fsp3) is 0.538. The van der Waals surface area contributed by atoms with Crippen molar-refractivity contribution in [2.45, 2.75) is 31.1 Å². The fourth-order valence-electron chi connectivity index (χ4n) is 1.47. The Balaban J connectivity index is 2.34. The van der Waals surface area contributed by atoms with Gasteiger partial charge >= 0.3 is 0 Å². The molecule has 0 radical (unpaired) electrons. The lowest BCUT2D eigenvalue weighted by atomic mass is 10.4. The van der Waals surface area contributed by atoms with Crippen molar-refractivity contribution in [1.29, 1.82) is 0 Å². The summed E-state index contributed by atoms with van der Waals surface area (Å²) in [5.41, 5.74) is 0. The van der Waals surface area contributed by atoms with Crippen molar-refractivity contribution in [3.05, 3.63) is 28.7 Å². The first-order valence-electron chi connectivity index (χ1n) is 6.40. The van der Waals surface area contributed by atoms with Gasteiger partial charge < -0.3 is 4.74 Å². The van der Waals surface area contributed by atoms with Gasteiger partial charge in [0.15, 0.2) is 0 Å². The van der Waals surface area contributed by atoms with Gasteiger partial charge in [0, 0.05) is 24.2 Å². The average molecular weight is 350 g/mol. The third kappa shape index (κ3) is 6.03. The van der Waals surface area contributed by atoms with Crippen LogP contribution in [0.15, 0.2) is 33.6 Å². The first kappa shape index (κ1) is 16.6. The summed E-state index contributed by atoms with van der Waals surface area (Å²) in [6.07, 6.45) is 2.82. The Labute approximate surface area is 123 Å². The first-order chi connectivity index (χ1) is 9.08. The minimum absolute atomic E-state index is 0.266. The van der Waals surface area contributed by atoms with E-state index in [-0.39, 0.29) is 4.90 Å². The molecule has 0 aliphatic rings. The van der Waals surface area contributed by atoms with Crippen molar-refractivity contribution in [2.24, 2.45) is 0 Å². The van der Waals surface area contributed by atoms with Crippen LogP contribution in [-0.2, 0) is 14.8 Å². The zero-order chi connectivity index (χ0) is 14.1. The lowest BCUT2D eigenvalue weighted by molar-refractivity contribution is 0.130. The van der Waals surface area contributed by atoms with Crippen molar-refractivity contribution in [3.63, 3.8) is 0 Å². The van der Waals surface area contributed by atoms with Crippen molar-refractivity contribution in [1.82, 2.24) is 4.72 Å². The minimum Gasteiger partial charge on any atom is -0.381 e. The SMILES string of the molecule is CCCCOCCCNS(=O)(=O)c1ccccc1Br. The van der Waals surface area contributed by atoms with E-state index >= 15 is 0 Å². The second-order valence-corrected chi connectivity index (χ2v) is 6.74. The number of unbranched alkanes of at least 4 members (excludes halogenated alkanes) is 1. The molecule has 0 aliphatic heterocycles. The third-order valence-electron chi connectivity index (χ3n) is 2.53. The number of sulfonamides is 1. The molecule has 0 unspecified atom stereocenters. The molecule has 0 fully saturated rings. The fourth-order valence-corrected chi connectivity index (χ4v) is 3.54. The van der Waals surface area contributed by atoms with Gasteiger partial charge in [-0.2, -0.15) is 0 Å². The number of benzene rings is 1. The van der Waals surface area contributed by atoms with Gasteiger partial charge in [-0.25, -0.2) is 13.1 Å². The molecule has 19 heavy (non-hydrogen) atoms. The van der Waals surface area contributed by atoms with Crippen LogP contribution < -0.4 is 4.72 Å². The van der Waals surface area contributed by atoms with Crippen LogP contribution in [0.25, 0.3) is 0 Å². The van der Waals surface area contributed by atoms with E-state index in [1.165, 1.54) is 0 Å². The number of halogens is 1. The molecule has 4 nitrogen and oxygen atoms in total. The Morgan fingerprint density at radius 1 is 1.21 bits per heavy atom. The molecule has 108 valence electrons. The van der Waals surface area contributed by atoms with Crippen molar-refractivity contribution in [3.8, 4) is 0 Å². The van der Waals surface area contributed by atoms with Gasteiger partial charge in [-0.05, 0) is 40.9 Å². The van der Waals surface area contributed by atoms with Crippen molar-refractivity contribution in [2.75, 3.05) is 19.8 Å². The van der Waals surface area contributed by atoms with Gasteiger partial charge in [-0.3, -0.25) is 0 Å². The summed E-state index contributed by atoms with van der Waals surface area (Å²) in [5, 5.41) is 0. The zero-order valence-corrected chi connectivity index (χ0v) is 13.5. The zero-order valence-electron chi connectivity index (χ0n) is 11.1. The van der Waals surface area contributed by atoms with Gasteiger partial charge in [0.25, 0.3) is 0 Å². The van der Waals surface area contributed by atoms with Crippen LogP contribution in [-0.4, -0.2) is 28.2 Å². The number of hydrogen-bond acceptors (Lipinski definition) is 3. The Bertz CT molecular complexity index is 477. The predicted molar refractivity (Wildman–Crippen MR) is 79.7 cm³/mol. The van der Waals surface area contributed by atoms with E-state index in [4.69, 9.17) is 4.74 Å². The maximum Gasteiger partial charge on any atom is 0.241 e. The van der Waals surface area contributed by atoms with Gasteiger partial charge in [0.1, 0.15) is 0 Å². The molecule has 0 saturated heterocycles. The second kappa shape index (κ2) is 8.68. The summed E-state index contributed by atoms with van der Waals surface area (Å²) in [5.74, 6) is 0. The first-order valence-corrected chi connectivity index (χ1v) is 8.67. The van der Waals surface area contributed by atoms with E-state index in [0.29, 0.717) is 24.0 Å². The lowest BCUT2D eigenvalue weighted by Gasteiger charge is -2.08. The molecule has 0 saturated carbocycles. The average Bonchev–Trinajstić information content (AvgIpc) is 2.38. The maximum absolute atomic E-state index is 12.0. The molecule has 1 N–H and O–H groups in total. The van der Waals surface area contributed by atoms with Crippen LogP contribution in [0.2, 0.25) is 0 Å². The summed E-state index contributed by atoms with van der Waals surface area (Å²) in [4.78, 5) is 0.266. The molecule has 0 heterocycles. The summed E-state index contributed by atoms with van der Waals surface area (Å²) < 4.78 is 32.5. The molecule has 0 aromatic heterocycles. The molecule has 1 aromatic carbocycles. The minimum atomic E-state index is -3.44. The Morgan fingerprint density at radius 2 is 1.89 bits per heavy atom. The molecule has 0 aliphatic carbocycles. The number of rotatable bonds is 9. The van der Waals surface area contributed by atoms with Gasteiger partial charge in [-0.1, -0.05) is 25.5 Å². The molecule has 0 atom stereocenters. The van der Waals surface area contributed by atoms with Crippen molar-refractivity contribution >= 4 is 26.0 Å². The Hall–Kier alpha value is -0.430. The van der Waals surface area contributed by atoms with Crippen LogP contribution in [0, 0.1) is 0 Å². The molecular weight excluding hydrogens is 330 g/mol. The molecular formula is C13H20BrNO3S. The van der Waals surface area contributed by atoms with E-state index in [0.717, 1.165) is 19.4 Å². The monoisotopic (exact) mass is 349 g/mol. The molecule has 1 aromatic rings. The highest BCUT2D eigenvalue weighted by molar-refractivity contribution is 9.10. The van der Waals surface area contributed by atoms with Gasteiger partial charge in [0.05, 0.1) is 4.90 Å². The highest BCUT2D eigenvalue weighted by Crippen LogP contribution is 2.20. The standard InChI is InChI=1S/C13H20BrNO3S/c1-2-3-10-18-11-6-9-15-19(16,17)13-8-5-4-7-12(13)14/h4-5,7-8,15H,2-3,6,9-11H2,1H3. The van der Waals surface area contributed by atoms with E-state index < -0.39 is 10.0 Å². The Kier molecular flexibility index (Phi) is 7.60. The van der Waals surface area contributed by atoms with Crippen LogP contribution in [0.4, 0.5) is 0 Å². The van der Waals surface area contributed by atoms with Crippen molar-refractivity contribution < 1.29 is 13.2 Å². The van der Waals surface area contributed by atoms with Gasteiger partial charge in [0.2, 0.25) is 10.0 Å². The molecule has 0 bridgehead atoms. The van der Waals surface area contributed by atoms with Crippen LogP contribution in [0.3, 0.4) is 0 Å². The van der Waals surface area contributed by atoms with E-state index in [1.807, 2.05) is 0 Å². The summed E-state index contributed by atoms with van der Waals surface area (Å²) >= 11 is 3.24. The summed E-state index contributed by atoms with van der Waals surface area (Å²) in [7, 11) is -3.44. The smallest absolute Gasteiger partial charge is 0.241 e. The normalized spacial score (nSPS) is 11.7. The van der Waals surface area contributed by atoms with E-state index in [9.17, 15) is 8.42 Å². The van der Waals surface area contributed by atoms with E-state index in [1.54, 1.807) is 24.3 Å². The maximum atomic E-state index is 12.0. The quantitative estimate of drug-likeness (QED) is 0.697. The highest BCUT2D eigenvalue weighted by Gasteiger charge is 2.15. The van der Waals surface area contributed by atoms with Crippen LogP contribution in [0.1, 0.15) is 26.2 Å². The Morgan fingerprint density at radius 3 is 2.58 bits per heavy atom. The summed E-state index contributed by atoms with van der Waals surface area (Å²) in [6.45, 7) is 3.82. The molecule has 1 rings (SSSR count). The van der Waals surface area contributed by atoms with Crippen LogP contribution >= 0.6 is 15.9 Å². The topological polar surface area (TPSA) is 55.4 Å². The lowest BCUT2D eigenvalue weighted by Crippen LogP contribution is -2.25. The molecule has 6 heteroatoms. The number of nitrogens with one attached hydrogen (secondary N) is 1. The summed E-state index contributed by atoms with van der Waals surface area (Å²) in [6, 6.07) is 6.77. The number of ether oxygens (including phenoxy) is 1. The third-order valence-corrected chi connectivity index (χ3v) is 5.00. The molecule has 0 spiro atoms. The second-order valence-electron chi connectivity index (χ2n) is 4.15. The largest absolute Gasteiger partial charge is 0.381 e. The predicted octanol–water partition coefficient (Wildman–Crippen LogP) is 2.93. The van der Waals surface area contributed by atoms with Gasteiger partial charge in [-0.15, -0.1) is 0 Å². The molecule has 0 amide bonds. The van der Waals surface area contributed by atoms with E-state index in [2.05, 4.69) is 27.6 Å². The highest BCUT2D eigenvalue weighted by atomic mass is 79.9. The number of hydrogen-bond donors (Lipinski definition) is 1.